The topological polar surface area (TPSA) is 67.9 Å². The molecular weight excluding hydrogens is 475 g/mol. The first-order valence-corrected chi connectivity index (χ1v) is 11.6. The van der Waals surface area contributed by atoms with E-state index in [1.54, 1.807) is 36.1 Å². The van der Waals surface area contributed by atoms with Crippen LogP contribution in [-0.4, -0.2) is 29.5 Å². The van der Waals surface area contributed by atoms with Crippen LogP contribution in [0.1, 0.15) is 23.6 Å². The van der Waals surface area contributed by atoms with Gasteiger partial charge in [-0.3, -0.25) is 9.59 Å². The highest BCUT2D eigenvalue weighted by molar-refractivity contribution is 6.30. The number of nitrogens with one attached hydrogen (secondary N) is 1. The summed E-state index contributed by atoms with van der Waals surface area (Å²) in [5.41, 5.74) is 2.58. The molecule has 6 nitrogen and oxygen atoms in total. The Balaban J connectivity index is 1.46. The predicted molar refractivity (Wildman–Crippen MR) is 131 cm³/mol. The largest absolute Gasteiger partial charge is 0.454 e. The van der Waals surface area contributed by atoms with Gasteiger partial charge in [0, 0.05) is 23.1 Å². The third kappa shape index (κ3) is 6.01. The lowest BCUT2D eigenvalue weighted by molar-refractivity contribution is -0.140. The molecule has 8 heteroatoms. The Bertz CT molecular complexity index is 1170. The van der Waals surface area contributed by atoms with Crippen molar-refractivity contribution in [3.8, 4) is 11.5 Å². The molecule has 0 saturated heterocycles. The average molecular weight is 499 g/mol. The number of hydrogen-bond donors (Lipinski definition) is 1. The highest BCUT2D eigenvalue weighted by atomic mass is 35.5. The number of benzene rings is 3. The summed E-state index contributed by atoms with van der Waals surface area (Å²) in [6, 6.07) is 19.2. The van der Waals surface area contributed by atoms with Crippen molar-refractivity contribution in [3.05, 3.63) is 93.5 Å². The second-order valence-corrected chi connectivity index (χ2v) is 8.91. The molecule has 2 amide bonds. The zero-order chi connectivity index (χ0) is 24.1. The van der Waals surface area contributed by atoms with E-state index in [0.717, 1.165) is 16.7 Å². The van der Waals surface area contributed by atoms with Crippen LogP contribution in [0.2, 0.25) is 10.0 Å². The van der Waals surface area contributed by atoms with Crippen LogP contribution >= 0.6 is 23.2 Å². The zero-order valence-electron chi connectivity index (χ0n) is 18.6. The molecule has 1 heterocycles. The number of hydrogen-bond acceptors (Lipinski definition) is 4. The van der Waals surface area contributed by atoms with Crippen molar-refractivity contribution in [2.45, 2.75) is 32.5 Å². The van der Waals surface area contributed by atoms with E-state index >= 15 is 0 Å². The smallest absolute Gasteiger partial charge is 0.242 e. The van der Waals surface area contributed by atoms with E-state index in [1.807, 2.05) is 42.5 Å². The van der Waals surface area contributed by atoms with Crippen molar-refractivity contribution in [2.75, 3.05) is 6.79 Å². The van der Waals surface area contributed by atoms with Crippen molar-refractivity contribution in [1.82, 2.24) is 10.2 Å². The molecule has 0 aliphatic carbocycles. The Kier molecular flexibility index (Phi) is 7.60. The second kappa shape index (κ2) is 10.8. The highest BCUT2D eigenvalue weighted by Crippen LogP contribution is 2.32. The van der Waals surface area contributed by atoms with Gasteiger partial charge < -0.3 is 19.7 Å². The van der Waals surface area contributed by atoms with Gasteiger partial charge in [-0.2, -0.15) is 0 Å². The summed E-state index contributed by atoms with van der Waals surface area (Å²) in [5, 5.41) is 4.13. The van der Waals surface area contributed by atoms with Crippen molar-refractivity contribution in [1.29, 1.82) is 0 Å². The van der Waals surface area contributed by atoms with E-state index in [1.165, 1.54) is 0 Å². The Morgan fingerprint density at radius 3 is 2.15 bits per heavy atom. The Labute approximate surface area is 208 Å². The molecule has 0 bridgehead atoms. The molecule has 3 aromatic carbocycles. The summed E-state index contributed by atoms with van der Waals surface area (Å²) in [7, 11) is 0. The second-order valence-electron chi connectivity index (χ2n) is 8.03. The fourth-order valence-corrected chi connectivity index (χ4v) is 3.89. The number of fused-ring (bicyclic) bond motifs is 1. The van der Waals surface area contributed by atoms with Gasteiger partial charge >= 0.3 is 0 Å². The summed E-state index contributed by atoms with van der Waals surface area (Å²) in [5.74, 6) is 0.923. The quantitative estimate of drug-likeness (QED) is 0.474. The lowest BCUT2D eigenvalue weighted by Gasteiger charge is -2.29. The van der Waals surface area contributed by atoms with Crippen LogP contribution in [0.4, 0.5) is 0 Å². The van der Waals surface area contributed by atoms with E-state index < -0.39 is 6.04 Å². The van der Waals surface area contributed by atoms with E-state index in [-0.39, 0.29) is 31.6 Å². The monoisotopic (exact) mass is 498 g/mol. The van der Waals surface area contributed by atoms with Crippen LogP contribution in [0.15, 0.2) is 66.7 Å². The Morgan fingerprint density at radius 1 is 0.882 bits per heavy atom. The summed E-state index contributed by atoms with van der Waals surface area (Å²) >= 11 is 12.0. The SMILES string of the molecule is CC(C(=O)NCc1ccc2c(c1)OCO2)N(Cc1ccc(Cl)cc1)C(=O)Cc1ccc(Cl)cc1. The number of nitrogens with zero attached hydrogens (tertiary/aromatic N) is 1. The number of halogens is 2. The first-order valence-electron chi connectivity index (χ1n) is 10.8. The Hall–Kier alpha value is -3.22. The number of carbonyl (C=O) groups is 2. The number of ether oxygens (including phenoxy) is 2. The maximum atomic E-state index is 13.3. The zero-order valence-corrected chi connectivity index (χ0v) is 20.1. The summed E-state index contributed by atoms with van der Waals surface area (Å²) in [4.78, 5) is 27.9. The molecule has 1 atom stereocenters. The molecule has 0 spiro atoms. The summed E-state index contributed by atoms with van der Waals surface area (Å²) < 4.78 is 10.7. The van der Waals surface area contributed by atoms with Gasteiger partial charge in [0.15, 0.2) is 11.5 Å². The molecule has 1 N–H and O–H groups in total. The van der Waals surface area contributed by atoms with E-state index in [2.05, 4.69) is 5.32 Å². The maximum absolute atomic E-state index is 13.3. The van der Waals surface area contributed by atoms with Gasteiger partial charge in [0.1, 0.15) is 6.04 Å². The minimum absolute atomic E-state index is 0.157. The fraction of sp³-hybridized carbons (Fsp3) is 0.231. The third-order valence-corrected chi connectivity index (χ3v) is 6.11. The lowest BCUT2D eigenvalue weighted by Crippen LogP contribution is -2.47. The van der Waals surface area contributed by atoms with E-state index in [0.29, 0.717) is 28.1 Å². The van der Waals surface area contributed by atoms with Crippen LogP contribution in [0.5, 0.6) is 11.5 Å². The molecule has 0 aromatic heterocycles. The average Bonchev–Trinajstić information content (AvgIpc) is 3.31. The van der Waals surface area contributed by atoms with Crippen molar-refractivity contribution in [2.24, 2.45) is 0 Å². The van der Waals surface area contributed by atoms with Gasteiger partial charge in [-0.1, -0.05) is 53.5 Å². The molecular formula is C26H24Cl2N2O4. The van der Waals surface area contributed by atoms with E-state index in [9.17, 15) is 9.59 Å². The van der Waals surface area contributed by atoms with Crippen LogP contribution in [0, 0.1) is 0 Å². The molecule has 3 aromatic rings. The Morgan fingerprint density at radius 2 is 1.47 bits per heavy atom. The van der Waals surface area contributed by atoms with Gasteiger partial charge in [0.05, 0.1) is 6.42 Å². The van der Waals surface area contributed by atoms with E-state index in [4.69, 9.17) is 32.7 Å². The number of carbonyl (C=O) groups excluding carboxylic acids is 2. The van der Waals surface area contributed by atoms with Gasteiger partial charge in [-0.05, 0) is 60.0 Å². The molecule has 1 unspecified atom stereocenters. The van der Waals surface area contributed by atoms with Crippen molar-refractivity contribution >= 4 is 35.0 Å². The van der Waals surface area contributed by atoms with Crippen molar-refractivity contribution < 1.29 is 19.1 Å². The van der Waals surface area contributed by atoms with Gasteiger partial charge in [0.25, 0.3) is 0 Å². The maximum Gasteiger partial charge on any atom is 0.242 e. The van der Waals surface area contributed by atoms with Crippen LogP contribution < -0.4 is 14.8 Å². The van der Waals surface area contributed by atoms with Gasteiger partial charge in [0.2, 0.25) is 18.6 Å². The fourth-order valence-electron chi connectivity index (χ4n) is 3.64. The molecule has 0 saturated carbocycles. The predicted octanol–water partition coefficient (Wildman–Crippen LogP) is 5.00. The first kappa shape index (κ1) is 23.9. The molecule has 34 heavy (non-hydrogen) atoms. The number of rotatable bonds is 8. The molecule has 4 rings (SSSR count). The molecule has 0 radical (unpaired) electrons. The minimum Gasteiger partial charge on any atom is -0.454 e. The van der Waals surface area contributed by atoms with Crippen LogP contribution in [0.25, 0.3) is 0 Å². The molecule has 176 valence electrons. The van der Waals surface area contributed by atoms with Crippen LogP contribution in [0.3, 0.4) is 0 Å². The summed E-state index contributed by atoms with van der Waals surface area (Å²) in [6.07, 6.45) is 0.157. The molecule has 0 fully saturated rings. The lowest BCUT2D eigenvalue weighted by atomic mass is 10.1. The first-order chi connectivity index (χ1) is 16.4. The third-order valence-electron chi connectivity index (χ3n) is 5.61. The molecule has 1 aliphatic rings. The standard InChI is InChI=1S/C26H24Cl2N2O4/c1-17(26(32)29-14-20-6-11-23-24(12-20)34-16-33-23)30(15-19-4-9-22(28)10-5-19)25(31)13-18-2-7-21(27)8-3-18/h2-12,17H,13-16H2,1H3,(H,29,32). The van der Waals surface area contributed by atoms with Gasteiger partial charge in [-0.25, -0.2) is 0 Å². The normalized spacial score (nSPS) is 12.8. The van der Waals surface area contributed by atoms with Gasteiger partial charge in [-0.15, -0.1) is 0 Å². The highest BCUT2D eigenvalue weighted by Gasteiger charge is 2.26. The molecule has 1 aliphatic heterocycles. The minimum atomic E-state index is -0.690. The van der Waals surface area contributed by atoms with Crippen LogP contribution in [-0.2, 0) is 29.1 Å². The number of amides is 2. The van der Waals surface area contributed by atoms with Crippen molar-refractivity contribution in [3.63, 3.8) is 0 Å². The summed E-state index contributed by atoms with van der Waals surface area (Å²) in [6.45, 7) is 2.50.